The number of carbonyl (C=O) groups excluding carboxylic acids is 1. The zero-order chi connectivity index (χ0) is 24.4. The van der Waals surface area contributed by atoms with Crippen molar-refractivity contribution in [1.82, 2.24) is 5.06 Å². The van der Waals surface area contributed by atoms with E-state index in [0.717, 1.165) is 58.7 Å². The summed E-state index contributed by atoms with van der Waals surface area (Å²) in [5.74, 6) is 0.0590. The maximum absolute atomic E-state index is 14.1. The second kappa shape index (κ2) is 9.96. The molecule has 5 nitrogen and oxygen atoms in total. The van der Waals surface area contributed by atoms with Gasteiger partial charge in [0.2, 0.25) is 0 Å². The molecule has 4 aromatic carbocycles. The third-order valence-corrected chi connectivity index (χ3v) is 7.21. The lowest BCUT2D eigenvalue weighted by molar-refractivity contribution is -0.179. The number of benzene rings is 4. The van der Waals surface area contributed by atoms with Gasteiger partial charge in [0.05, 0.1) is 26.2 Å². The van der Waals surface area contributed by atoms with E-state index in [0.29, 0.717) is 22.6 Å². The Morgan fingerprint density at radius 2 is 1.20 bits per heavy atom. The number of carbonyl (C=O) groups is 1. The van der Waals surface area contributed by atoms with Crippen LogP contribution in [0.15, 0.2) is 72.8 Å². The molecule has 4 aromatic rings. The monoisotopic (exact) mass is 469 g/mol. The predicted molar refractivity (Wildman–Crippen MR) is 138 cm³/mol. The predicted octanol–water partition coefficient (Wildman–Crippen LogP) is 6.69. The maximum atomic E-state index is 14.1. The van der Waals surface area contributed by atoms with E-state index in [2.05, 4.69) is 0 Å². The molecule has 0 atom stereocenters. The molecular formula is C30H31NO4. The summed E-state index contributed by atoms with van der Waals surface area (Å²) >= 11 is 0. The highest BCUT2D eigenvalue weighted by molar-refractivity contribution is 5.94. The zero-order valence-corrected chi connectivity index (χ0v) is 20.2. The molecule has 5 rings (SSSR count). The van der Waals surface area contributed by atoms with Crippen molar-refractivity contribution in [3.8, 4) is 11.5 Å². The van der Waals surface area contributed by atoms with E-state index in [1.807, 2.05) is 72.8 Å². The average molecular weight is 470 g/mol. The van der Waals surface area contributed by atoms with Gasteiger partial charge in [0.25, 0.3) is 5.91 Å². The Kier molecular flexibility index (Phi) is 6.60. The Morgan fingerprint density at radius 1 is 0.771 bits per heavy atom. The molecule has 35 heavy (non-hydrogen) atoms. The van der Waals surface area contributed by atoms with Gasteiger partial charge in [0.1, 0.15) is 11.5 Å². The molecule has 0 bridgehead atoms. The first-order chi connectivity index (χ1) is 17.1. The Hall–Kier alpha value is -3.57. The number of amides is 1. The topological polar surface area (TPSA) is 59.0 Å². The largest absolute Gasteiger partial charge is 0.496 e. The summed E-state index contributed by atoms with van der Waals surface area (Å²) in [4.78, 5) is 14.1. The van der Waals surface area contributed by atoms with Crippen LogP contribution in [0.2, 0.25) is 0 Å². The first-order valence-electron chi connectivity index (χ1n) is 12.3. The van der Waals surface area contributed by atoms with Crippen LogP contribution in [0.1, 0.15) is 49.1 Å². The first kappa shape index (κ1) is 23.2. The van der Waals surface area contributed by atoms with Crippen molar-refractivity contribution in [2.45, 2.75) is 44.1 Å². The highest BCUT2D eigenvalue weighted by Gasteiger charge is 2.35. The van der Waals surface area contributed by atoms with Crippen molar-refractivity contribution < 1.29 is 19.5 Å². The molecule has 180 valence electrons. The Balaban J connectivity index is 1.72. The van der Waals surface area contributed by atoms with Gasteiger partial charge in [-0.15, -0.1) is 0 Å². The van der Waals surface area contributed by atoms with Gasteiger partial charge in [-0.3, -0.25) is 10.0 Å². The molecule has 1 amide bonds. The van der Waals surface area contributed by atoms with Gasteiger partial charge in [-0.1, -0.05) is 67.8 Å². The van der Waals surface area contributed by atoms with E-state index >= 15 is 0 Å². The van der Waals surface area contributed by atoms with Crippen LogP contribution in [0.25, 0.3) is 21.5 Å². The van der Waals surface area contributed by atoms with Gasteiger partial charge in [-0.25, -0.2) is 5.06 Å². The number of hydrogen-bond donors (Lipinski definition) is 1. The number of hydrogen-bond acceptors (Lipinski definition) is 4. The van der Waals surface area contributed by atoms with Crippen molar-refractivity contribution in [3.63, 3.8) is 0 Å². The summed E-state index contributed by atoms with van der Waals surface area (Å²) in [5, 5.41) is 16.2. The Bertz CT molecular complexity index is 1270. The van der Waals surface area contributed by atoms with Gasteiger partial charge in [-0.05, 0) is 58.7 Å². The van der Waals surface area contributed by atoms with Crippen molar-refractivity contribution >= 4 is 27.5 Å². The molecule has 0 radical (unpaired) electrons. The van der Waals surface area contributed by atoms with Gasteiger partial charge >= 0.3 is 0 Å². The number of nitrogens with zero attached hydrogens (tertiary/aromatic N) is 1. The Labute approximate surface area is 205 Å². The fraction of sp³-hybridized carbons (Fsp3) is 0.300. The van der Waals surface area contributed by atoms with Gasteiger partial charge < -0.3 is 9.47 Å². The van der Waals surface area contributed by atoms with Crippen LogP contribution in [-0.4, -0.2) is 36.4 Å². The molecule has 0 heterocycles. The van der Waals surface area contributed by atoms with Crippen LogP contribution >= 0.6 is 0 Å². The highest BCUT2D eigenvalue weighted by atomic mass is 16.5. The second-order valence-corrected chi connectivity index (χ2v) is 9.29. The maximum Gasteiger partial charge on any atom is 0.258 e. The normalized spacial score (nSPS) is 14.4. The SMILES string of the molecule is COc1cc2ccccc2cc1C(C(=O)N(O)C1CCCCC1)c1cc2ccccc2cc1OC. The highest BCUT2D eigenvalue weighted by Crippen LogP contribution is 2.42. The smallest absolute Gasteiger partial charge is 0.258 e. The van der Waals surface area contributed by atoms with Gasteiger partial charge in [0, 0.05) is 11.1 Å². The van der Waals surface area contributed by atoms with Gasteiger partial charge in [0.15, 0.2) is 0 Å². The molecule has 0 aliphatic heterocycles. The molecule has 0 spiro atoms. The summed E-state index contributed by atoms with van der Waals surface area (Å²) < 4.78 is 11.6. The van der Waals surface area contributed by atoms with Gasteiger partial charge in [-0.2, -0.15) is 0 Å². The van der Waals surface area contributed by atoms with E-state index in [-0.39, 0.29) is 11.9 Å². The minimum Gasteiger partial charge on any atom is -0.496 e. The summed E-state index contributed by atoms with van der Waals surface area (Å²) in [5.41, 5.74) is 1.42. The fourth-order valence-electron chi connectivity index (χ4n) is 5.35. The number of ether oxygens (including phenoxy) is 2. The number of methoxy groups -OCH3 is 2. The quantitative estimate of drug-likeness (QED) is 0.252. The van der Waals surface area contributed by atoms with Crippen LogP contribution in [0.3, 0.4) is 0 Å². The molecule has 1 aliphatic carbocycles. The molecular weight excluding hydrogens is 438 g/mol. The first-order valence-corrected chi connectivity index (χ1v) is 12.3. The van der Waals surface area contributed by atoms with Crippen molar-refractivity contribution in [2.75, 3.05) is 14.2 Å². The summed E-state index contributed by atoms with van der Waals surface area (Å²) in [7, 11) is 3.23. The Morgan fingerprint density at radius 3 is 1.63 bits per heavy atom. The molecule has 1 fully saturated rings. The fourth-order valence-corrected chi connectivity index (χ4v) is 5.35. The molecule has 0 saturated heterocycles. The molecule has 1 N–H and O–H groups in total. The summed E-state index contributed by atoms with van der Waals surface area (Å²) in [6, 6.07) is 23.7. The van der Waals surface area contributed by atoms with Crippen molar-refractivity contribution in [2.24, 2.45) is 0 Å². The van der Waals surface area contributed by atoms with Crippen LogP contribution in [-0.2, 0) is 4.79 Å². The third kappa shape index (κ3) is 4.44. The van der Waals surface area contributed by atoms with Crippen LogP contribution in [0, 0.1) is 0 Å². The average Bonchev–Trinajstić information content (AvgIpc) is 2.92. The molecule has 1 saturated carbocycles. The van der Waals surface area contributed by atoms with E-state index in [9.17, 15) is 10.0 Å². The lowest BCUT2D eigenvalue weighted by Gasteiger charge is -2.32. The number of rotatable bonds is 6. The zero-order valence-electron chi connectivity index (χ0n) is 20.2. The summed E-state index contributed by atoms with van der Waals surface area (Å²) in [6.07, 6.45) is 4.77. The number of fused-ring (bicyclic) bond motifs is 2. The van der Waals surface area contributed by atoms with Crippen LogP contribution in [0.4, 0.5) is 0 Å². The lowest BCUT2D eigenvalue weighted by Crippen LogP contribution is -2.42. The molecule has 0 aromatic heterocycles. The van der Waals surface area contributed by atoms with Crippen LogP contribution in [0.5, 0.6) is 11.5 Å². The van der Waals surface area contributed by atoms with Crippen molar-refractivity contribution in [3.05, 3.63) is 83.9 Å². The van der Waals surface area contributed by atoms with Crippen molar-refractivity contribution in [1.29, 1.82) is 0 Å². The standard InChI is InChI=1S/C30H31NO4/c1-34-27-18-22-12-8-6-10-20(22)16-25(27)29(30(32)31(33)24-14-4-3-5-15-24)26-17-21-11-7-9-13-23(21)19-28(26)35-2/h6-13,16-19,24,29,33H,3-5,14-15H2,1-2H3. The number of hydroxylamine groups is 2. The van der Waals surface area contributed by atoms with E-state index in [4.69, 9.17) is 9.47 Å². The third-order valence-electron chi connectivity index (χ3n) is 7.21. The summed E-state index contributed by atoms with van der Waals surface area (Å²) in [6.45, 7) is 0. The van der Waals surface area contributed by atoms with E-state index in [1.54, 1.807) is 14.2 Å². The molecule has 0 unspecified atom stereocenters. The van der Waals surface area contributed by atoms with E-state index in [1.165, 1.54) is 0 Å². The lowest BCUT2D eigenvalue weighted by atomic mass is 9.85. The minimum atomic E-state index is -0.791. The van der Waals surface area contributed by atoms with Crippen LogP contribution < -0.4 is 9.47 Å². The van der Waals surface area contributed by atoms with E-state index < -0.39 is 5.92 Å². The second-order valence-electron chi connectivity index (χ2n) is 9.29. The molecule has 5 heteroatoms. The minimum absolute atomic E-state index is 0.184. The molecule has 1 aliphatic rings.